The molecule has 0 aliphatic carbocycles. The van der Waals surface area contributed by atoms with Gasteiger partial charge in [-0.1, -0.05) is 29.8 Å². The molecule has 3 rings (SSSR count). The highest BCUT2D eigenvalue weighted by atomic mass is 35.5. The van der Waals surface area contributed by atoms with E-state index in [4.69, 9.17) is 21.8 Å². The van der Waals surface area contributed by atoms with Crippen molar-refractivity contribution in [3.63, 3.8) is 0 Å². The first-order chi connectivity index (χ1) is 9.56. The number of fused-ring (bicyclic) bond motifs is 1. The highest BCUT2D eigenvalue weighted by Gasteiger charge is 2.14. The van der Waals surface area contributed by atoms with Gasteiger partial charge >= 0.3 is 0 Å². The summed E-state index contributed by atoms with van der Waals surface area (Å²) in [6.45, 7) is 1.85. The van der Waals surface area contributed by atoms with Crippen LogP contribution in [-0.4, -0.2) is 0 Å². The van der Waals surface area contributed by atoms with Gasteiger partial charge in [0.15, 0.2) is 5.58 Å². The molecular weight excluding hydrogens is 277 g/mol. The maximum atomic E-state index is 14.0. The van der Waals surface area contributed by atoms with E-state index in [1.165, 1.54) is 6.07 Å². The minimum absolute atomic E-state index is 0.165. The SMILES string of the molecule is CC(N)c1ccc(F)c(-c2cc3cccc(Cl)c3o2)c1. The van der Waals surface area contributed by atoms with Crippen LogP contribution in [0.25, 0.3) is 22.3 Å². The van der Waals surface area contributed by atoms with Crippen LogP contribution in [0.5, 0.6) is 0 Å². The molecule has 0 amide bonds. The normalized spacial score (nSPS) is 12.8. The number of benzene rings is 2. The third-order valence-corrected chi connectivity index (χ3v) is 3.58. The molecular formula is C16H13ClFNO. The second-order valence-electron chi connectivity index (χ2n) is 4.80. The van der Waals surface area contributed by atoms with Gasteiger partial charge in [0.2, 0.25) is 0 Å². The van der Waals surface area contributed by atoms with Crippen LogP contribution >= 0.6 is 11.6 Å². The van der Waals surface area contributed by atoms with Crippen molar-refractivity contribution in [3.8, 4) is 11.3 Å². The minimum Gasteiger partial charge on any atom is -0.454 e. The Morgan fingerprint density at radius 2 is 2.00 bits per heavy atom. The van der Waals surface area contributed by atoms with Gasteiger partial charge in [0.25, 0.3) is 0 Å². The summed E-state index contributed by atoms with van der Waals surface area (Å²) in [5.41, 5.74) is 7.65. The molecule has 0 spiro atoms. The number of hydrogen-bond donors (Lipinski definition) is 1. The van der Waals surface area contributed by atoms with Gasteiger partial charge in [-0.3, -0.25) is 0 Å². The monoisotopic (exact) mass is 289 g/mol. The molecule has 1 unspecified atom stereocenters. The van der Waals surface area contributed by atoms with Crippen molar-refractivity contribution < 1.29 is 8.81 Å². The molecule has 0 saturated heterocycles. The van der Waals surface area contributed by atoms with Crippen molar-refractivity contribution in [1.82, 2.24) is 0 Å². The third kappa shape index (κ3) is 2.19. The Morgan fingerprint density at radius 1 is 1.20 bits per heavy atom. The van der Waals surface area contributed by atoms with Gasteiger partial charge in [-0.25, -0.2) is 4.39 Å². The van der Waals surface area contributed by atoms with E-state index in [1.54, 1.807) is 24.3 Å². The van der Waals surface area contributed by atoms with Gasteiger partial charge < -0.3 is 10.2 Å². The van der Waals surface area contributed by atoms with Crippen LogP contribution in [0, 0.1) is 5.82 Å². The molecule has 2 N–H and O–H groups in total. The van der Waals surface area contributed by atoms with Crippen LogP contribution < -0.4 is 5.73 Å². The maximum Gasteiger partial charge on any atom is 0.153 e. The van der Waals surface area contributed by atoms with Gasteiger partial charge in [0.05, 0.1) is 10.6 Å². The lowest BCUT2D eigenvalue weighted by Gasteiger charge is -2.07. The first kappa shape index (κ1) is 13.2. The van der Waals surface area contributed by atoms with Crippen LogP contribution in [0.3, 0.4) is 0 Å². The molecule has 102 valence electrons. The predicted molar refractivity (Wildman–Crippen MR) is 79.2 cm³/mol. The average molecular weight is 290 g/mol. The van der Waals surface area contributed by atoms with Gasteiger partial charge in [0.1, 0.15) is 11.6 Å². The van der Waals surface area contributed by atoms with Gasteiger partial charge in [-0.05, 0) is 36.8 Å². The molecule has 0 radical (unpaired) electrons. The van der Waals surface area contributed by atoms with Crippen LogP contribution in [0.15, 0.2) is 46.9 Å². The van der Waals surface area contributed by atoms with E-state index in [9.17, 15) is 4.39 Å². The van der Waals surface area contributed by atoms with Crippen molar-refractivity contribution in [2.45, 2.75) is 13.0 Å². The number of rotatable bonds is 2. The molecule has 0 aliphatic rings. The number of furan rings is 1. The Balaban J connectivity index is 2.20. The Kier molecular flexibility index (Phi) is 3.24. The number of nitrogens with two attached hydrogens (primary N) is 1. The fraction of sp³-hybridized carbons (Fsp3) is 0.125. The number of para-hydroxylation sites is 1. The van der Waals surface area contributed by atoms with Crippen LogP contribution in [0.1, 0.15) is 18.5 Å². The molecule has 0 fully saturated rings. The predicted octanol–water partition coefficient (Wildman–Crippen LogP) is 4.91. The third-order valence-electron chi connectivity index (χ3n) is 3.28. The lowest BCUT2D eigenvalue weighted by Crippen LogP contribution is -2.05. The van der Waals surface area contributed by atoms with Crippen molar-refractivity contribution >= 4 is 22.6 Å². The Labute approximate surface area is 121 Å². The van der Waals surface area contributed by atoms with Gasteiger partial charge in [-0.2, -0.15) is 0 Å². The smallest absolute Gasteiger partial charge is 0.153 e. The van der Waals surface area contributed by atoms with Crippen molar-refractivity contribution in [1.29, 1.82) is 0 Å². The molecule has 3 aromatic rings. The molecule has 1 aromatic heterocycles. The highest BCUT2D eigenvalue weighted by Crippen LogP contribution is 2.34. The van der Waals surface area contributed by atoms with Crippen molar-refractivity contribution in [3.05, 3.63) is 58.9 Å². The van der Waals surface area contributed by atoms with E-state index in [2.05, 4.69) is 0 Å². The van der Waals surface area contributed by atoms with Crippen LogP contribution in [0.4, 0.5) is 4.39 Å². The van der Waals surface area contributed by atoms with Crippen LogP contribution in [-0.2, 0) is 0 Å². The van der Waals surface area contributed by atoms with Crippen LogP contribution in [0.2, 0.25) is 5.02 Å². The quantitative estimate of drug-likeness (QED) is 0.728. The molecule has 1 heterocycles. The summed E-state index contributed by atoms with van der Waals surface area (Å²) in [5.74, 6) is 0.109. The van der Waals surface area contributed by atoms with E-state index < -0.39 is 0 Å². The first-order valence-corrected chi connectivity index (χ1v) is 6.67. The molecule has 0 saturated carbocycles. The first-order valence-electron chi connectivity index (χ1n) is 6.29. The summed E-state index contributed by atoms with van der Waals surface area (Å²) in [5, 5.41) is 1.36. The molecule has 4 heteroatoms. The molecule has 2 nitrogen and oxygen atoms in total. The second kappa shape index (κ2) is 4.93. The lowest BCUT2D eigenvalue weighted by molar-refractivity contribution is 0.600. The van der Waals surface area contributed by atoms with Gasteiger partial charge in [0, 0.05) is 11.4 Å². The zero-order valence-electron chi connectivity index (χ0n) is 10.9. The summed E-state index contributed by atoms with van der Waals surface area (Å²) in [6, 6.07) is 11.9. The maximum absolute atomic E-state index is 14.0. The minimum atomic E-state index is -0.343. The largest absolute Gasteiger partial charge is 0.454 e. The Bertz CT molecular complexity index is 779. The van der Waals surface area contributed by atoms with E-state index in [0.717, 1.165) is 10.9 Å². The standard InChI is InChI=1S/C16H13ClFNO/c1-9(19)10-5-6-14(18)12(7-10)15-8-11-3-2-4-13(17)16(11)20-15/h2-9H,19H2,1H3. The topological polar surface area (TPSA) is 39.2 Å². The Morgan fingerprint density at radius 3 is 2.70 bits per heavy atom. The summed E-state index contributed by atoms with van der Waals surface area (Å²) < 4.78 is 19.7. The van der Waals surface area contributed by atoms with Gasteiger partial charge in [-0.15, -0.1) is 0 Å². The average Bonchev–Trinajstić information content (AvgIpc) is 2.84. The summed E-state index contributed by atoms with van der Waals surface area (Å²) in [6.07, 6.45) is 0. The van der Waals surface area contributed by atoms with Crippen molar-refractivity contribution in [2.75, 3.05) is 0 Å². The molecule has 1 atom stereocenters. The summed E-state index contributed by atoms with van der Waals surface area (Å²) >= 11 is 6.07. The second-order valence-corrected chi connectivity index (χ2v) is 5.20. The molecule has 0 bridgehead atoms. The lowest BCUT2D eigenvalue weighted by atomic mass is 10.0. The molecule has 20 heavy (non-hydrogen) atoms. The van der Waals surface area contributed by atoms with E-state index >= 15 is 0 Å². The Hall–Kier alpha value is -1.84. The van der Waals surface area contributed by atoms with E-state index in [-0.39, 0.29) is 11.9 Å². The fourth-order valence-electron chi connectivity index (χ4n) is 2.18. The van der Waals surface area contributed by atoms with E-state index in [1.807, 2.05) is 19.1 Å². The zero-order valence-corrected chi connectivity index (χ0v) is 11.6. The summed E-state index contributed by atoms with van der Waals surface area (Å²) in [7, 11) is 0. The summed E-state index contributed by atoms with van der Waals surface area (Å²) in [4.78, 5) is 0. The highest BCUT2D eigenvalue weighted by molar-refractivity contribution is 6.34. The molecule has 2 aromatic carbocycles. The fourth-order valence-corrected chi connectivity index (χ4v) is 2.40. The van der Waals surface area contributed by atoms with Crippen molar-refractivity contribution in [2.24, 2.45) is 5.73 Å². The zero-order chi connectivity index (χ0) is 14.3. The van der Waals surface area contributed by atoms with E-state index in [0.29, 0.717) is 21.9 Å². The molecule has 0 aliphatic heterocycles. The number of hydrogen-bond acceptors (Lipinski definition) is 2. The number of halogens is 2.